The Hall–Kier alpha value is -4.29. The second-order valence-corrected chi connectivity index (χ2v) is 13.8. The number of hydrogen-bond acceptors (Lipinski definition) is 8. The van der Waals surface area contributed by atoms with E-state index in [1.807, 2.05) is 41.3 Å². The molecule has 0 saturated carbocycles. The first-order valence-electron chi connectivity index (χ1n) is 16.6. The number of nitrogen functional groups attached to an aromatic ring is 1. The first kappa shape index (κ1) is 33.2. The highest BCUT2D eigenvalue weighted by Gasteiger charge is 2.50. The minimum atomic E-state index is -1.23. The van der Waals surface area contributed by atoms with Crippen molar-refractivity contribution in [2.45, 2.75) is 42.9 Å². The van der Waals surface area contributed by atoms with E-state index in [0.717, 1.165) is 17.7 Å². The Morgan fingerprint density at radius 2 is 1.78 bits per heavy atom. The Kier molecular flexibility index (Phi) is 9.19. The third-order valence-electron chi connectivity index (χ3n) is 10.3. The average Bonchev–Trinajstić information content (AvgIpc) is 3.09. The molecule has 3 aliphatic rings. The summed E-state index contributed by atoms with van der Waals surface area (Å²) < 4.78 is 25.9. The number of hydrogen-bond donors (Lipinski definition) is 2. The zero-order valence-electron chi connectivity index (χ0n) is 27.0. The molecule has 1 aromatic heterocycles. The lowest BCUT2D eigenvalue weighted by molar-refractivity contribution is -0.163. The number of likely N-dealkylation sites (tertiary alicyclic amines) is 2. The Bertz CT molecular complexity index is 1860. The Morgan fingerprint density at radius 1 is 1.04 bits per heavy atom. The molecule has 3 saturated heterocycles. The predicted octanol–water partition coefficient (Wildman–Crippen LogP) is 4.80. The van der Waals surface area contributed by atoms with Crippen molar-refractivity contribution < 1.29 is 23.8 Å². The van der Waals surface area contributed by atoms with Crippen LogP contribution in [-0.4, -0.2) is 75.4 Å². The summed E-state index contributed by atoms with van der Waals surface area (Å²) in [5.74, 6) is -0.393. The third kappa shape index (κ3) is 6.68. The maximum atomic E-state index is 14.2. The van der Waals surface area contributed by atoms with Gasteiger partial charge < -0.3 is 25.2 Å². The fourth-order valence-electron chi connectivity index (χ4n) is 7.43. The standard InChI is InChI=1S/C37H39ClFN5O5/c38-27-8-4-7-26(19-27)37(22-48-23-37)44-16-13-30(31(20-44)25-5-2-1-3-6-25)34(45)42-17-14-36(47,15-18-42)21-43-24-41-33(32(40)35(43)46)49-29-11-9-28(39)10-12-29/h1-12,19,24,30-31,47H,13-18,20-23,40H2/t30-,31+/m1/s1. The second-order valence-electron chi connectivity index (χ2n) is 13.4. The Labute approximate surface area is 288 Å². The number of carbonyl (C=O) groups excluding carboxylic acids is 1. The zero-order valence-corrected chi connectivity index (χ0v) is 27.8. The summed E-state index contributed by atoms with van der Waals surface area (Å²) in [4.78, 5) is 35.8. The maximum Gasteiger partial charge on any atom is 0.280 e. The van der Waals surface area contributed by atoms with Crippen molar-refractivity contribution in [1.29, 1.82) is 0 Å². The SMILES string of the molecule is Nc1c(Oc2ccc(F)cc2)ncn(CC2(O)CCN(C(=O)[C@@H]3CCN(C4(c5cccc(Cl)c5)COC4)C[C@H]3c3ccccc3)CC2)c1=O. The first-order valence-corrected chi connectivity index (χ1v) is 17.0. The summed E-state index contributed by atoms with van der Waals surface area (Å²) >= 11 is 6.40. The van der Waals surface area contributed by atoms with E-state index in [9.17, 15) is 19.1 Å². The lowest BCUT2D eigenvalue weighted by Crippen LogP contribution is -2.63. The maximum absolute atomic E-state index is 14.2. The van der Waals surface area contributed by atoms with Gasteiger partial charge >= 0.3 is 0 Å². The van der Waals surface area contributed by atoms with Gasteiger partial charge in [-0.1, -0.05) is 54.1 Å². The Morgan fingerprint density at radius 3 is 2.45 bits per heavy atom. The van der Waals surface area contributed by atoms with Crippen LogP contribution in [0.25, 0.3) is 0 Å². The number of piperidine rings is 2. The van der Waals surface area contributed by atoms with Crippen molar-refractivity contribution in [3.8, 4) is 11.6 Å². The summed E-state index contributed by atoms with van der Waals surface area (Å²) in [5, 5.41) is 12.2. The van der Waals surface area contributed by atoms with Gasteiger partial charge in [0, 0.05) is 36.5 Å². The molecule has 256 valence electrons. The smallest absolute Gasteiger partial charge is 0.280 e. The fourth-order valence-corrected chi connectivity index (χ4v) is 7.62. The van der Waals surface area contributed by atoms with Gasteiger partial charge in [0.15, 0.2) is 5.69 Å². The first-order chi connectivity index (χ1) is 23.6. The summed E-state index contributed by atoms with van der Waals surface area (Å²) in [6, 6.07) is 23.5. The van der Waals surface area contributed by atoms with E-state index in [1.54, 1.807) is 0 Å². The fraction of sp³-hybridized carbons (Fsp3) is 0.378. The number of nitrogens with zero attached hydrogens (tertiary/aromatic N) is 4. The number of aromatic nitrogens is 2. The number of amides is 1. The van der Waals surface area contributed by atoms with Gasteiger partial charge in [0.25, 0.3) is 5.56 Å². The molecule has 3 N–H and O–H groups in total. The summed E-state index contributed by atoms with van der Waals surface area (Å²) in [7, 11) is 0. The molecular formula is C37H39ClFN5O5. The summed E-state index contributed by atoms with van der Waals surface area (Å²) in [6.45, 7) is 3.29. The Balaban J connectivity index is 1.03. The molecule has 2 atom stereocenters. The number of nitrogens with two attached hydrogens (primary N) is 1. The summed E-state index contributed by atoms with van der Waals surface area (Å²) in [5.41, 5.74) is 6.03. The molecule has 0 bridgehead atoms. The molecule has 4 heterocycles. The van der Waals surface area contributed by atoms with Crippen LogP contribution in [0.4, 0.5) is 10.1 Å². The van der Waals surface area contributed by atoms with Gasteiger partial charge in [-0.15, -0.1) is 0 Å². The van der Waals surface area contributed by atoms with E-state index in [4.69, 9.17) is 26.8 Å². The van der Waals surface area contributed by atoms with Crippen molar-refractivity contribution in [3.05, 3.63) is 118 Å². The number of anilines is 1. The van der Waals surface area contributed by atoms with Crippen molar-refractivity contribution >= 4 is 23.2 Å². The van der Waals surface area contributed by atoms with Crippen LogP contribution in [-0.2, 0) is 21.6 Å². The van der Waals surface area contributed by atoms with E-state index < -0.39 is 17.0 Å². The van der Waals surface area contributed by atoms with Crippen molar-refractivity contribution in [2.24, 2.45) is 5.92 Å². The van der Waals surface area contributed by atoms with Gasteiger partial charge in [0.1, 0.15) is 17.9 Å². The monoisotopic (exact) mass is 687 g/mol. The van der Waals surface area contributed by atoms with E-state index >= 15 is 0 Å². The molecule has 3 aromatic carbocycles. The lowest BCUT2D eigenvalue weighted by Gasteiger charge is -2.54. The molecule has 0 unspecified atom stereocenters. The number of rotatable bonds is 8. The van der Waals surface area contributed by atoms with Gasteiger partial charge in [-0.3, -0.25) is 19.1 Å². The van der Waals surface area contributed by atoms with Gasteiger partial charge in [-0.2, -0.15) is 0 Å². The van der Waals surface area contributed by atoms with Gasteiger partial charge in [0.2, 0.25) is 11.8 Å². The minimum Gasteiger partial charge on any atom is -0.437 e. The van der Waals surface area contributed by atoms with Crippen molar-refractivity contribution in [2.75, 3.05) is 45.1 Å². The predicted molar refractivity (Wildman–Crippen MR) is 183 cm³/mol. The molecular weight excluding hydrogens is 649 g/mol. The van der Waals surface area contributed by atoms with Crippen LogP contribution in [0.1, 0.15) is 36.3 Å². The van der Waals surface area contributed by atoms with E-state index in [-0.39, 0.29) is 47.1 Å². The topological polar surface area (TPSA) is 123 Å². The van der Waals surface area contributed by atoms with Crippen LogP contribution < -0.4 is 16.0 Å². The van der Waals surface area contributed by atoms with Crippen LogP contribution in [0.2, 0.25) is 5.02 Å². The highest BCUT2D eigenvalue weighted by Crippen LogP contribution is 2.44. The summed E-state index contributed by atoms with van der Waals surface area (Å²) in [6.07, 6.45) is 2.56. The van der Waals surface area contributed by atoms with Crippen LogP contribution in [0.3, 0.4) is 0 Å². The lowest BCUT2D eigenvalue weighted by atomic mass is 9.76. The molecule has 0 radical (unpaired) electrons. The normalized spacial score (nSPS) is 21.9. The molecule has 0 aliphatic carbocycles. The molecule has 7 rings (SSSR count). The van der Waals surface area contributed by atoms with E-state index in [1.165, 1.54) is 35.2 Å². The van der Waals surface area contributed by atoms with Crippen LogP contribution >= 0.6 is 11.6 Å². The zero-order chi connectivity index (χ0) is 34.2. The molecule has 3 fully saturated rings. The number of halogens is 2. The molecule has 0 spiro atoms. The van der Waals surface area contributed by atoms with Gasteiger partial charge in [-0.25, -0.2) is 9.37 Å². The molecule has 12 heteroatoms. The quantitative estimate of drug-likeness (QED) is 0.271. The van der Waals surface area contributed by atoms with E-state index in [2.05, 4.69) is 28.1 Å². The van der Waals surface area contributed by atoms with E-state index in [0.29, 0.717) is 57.1 Å². The van der Waals surface area contributed by atoms with Crippen LogP contribution in [0, 0.1) is 11.7 Å². The van der Waals surface area contributed by atoms with Crippen LogP contribution in [0.5, 0.6) is 11.6 Å². The van der Waals surface area contributed by atoms with Crippen LogP contribution in [0.15, 0.2) is 90.0 Å². The molecule has 1 amide bonds. The highest BCUT2D eigenvalue weighted by atomic mass is 35.5. The molecule has 4 aromatic rings. The molecule has 3 aliphatic heterocycles. The number of carbonyl (C=O) groups is 1. The van der Waals surface area contributed by atoms with Crippen molar-refractivity contribution in [1.82, 2.24) is 19.4 Å². The average molecular weight is 688 g/mol. The van der Waals surface area contributed by atoms with Gasteiger partial charge in [-0.05, 0) is 73.3 Å². The number of ether oxygens (including phenoxy) is 2. The largest absolute Gasteiger partial charge is 0.437 e. The third-order valence-corrected chi connectivity index (χ3v) is 10.6. The van der Waals surface area contributed by atoms with Crippen molar-refractivity contribution in [3.63, 3.8) is 0 Å². The minimum absolute atomic E-state index is 0.0248. The molecule has 49 heavy (non-hydrogen) atoms. The van der Waals surface area contributed by atoms with Gasteiger partial charge in [0.05, 0.1) is 30.9 Å². The highest BCUT2D eigenvalue weighted by molar-refractivity contribution is 6.30. The number of benzene rings is 3. The molecule has 10 nitrogen and oxygen atoms in total. The number of aliphatic hydroxyl groups is 1. The second kappa shape index (κ2) is 13.5.